The summed E-state index contributed by atoms with van der Waals surface area (Å²) >= 11 is 0. The fourth-order valence-corrected chi connectivity index (χ4v) is 2.04. The Morgan fingerprint density at radius 1 is 0.577 bits per heavy atom. The second-order valence-corrected chi connectivity index (χ2v) is 4.69. The molecule has 0 heterocycles. The molecule has 0 spiro atoms. The van der Waals surface area contributed by atoms with Crippen LogP contribution in [0.15, 0.2) is 12.1 Å². The number of halogens is 16. The largest absolute Gasteiger partial charge is 0.445 e. The van der Waals surface area contributed by atoms with Gasteiger partial charge in [0, 0.05) is 0 Å². The molecule has 26 heavy (non-hydrogen) atoms. The molecule has 2 atom stereocenters. The maximum absolute atomic E-state index is 13.9. The van der Waals surface area contributed by atoms with Crippen LogP contribution in [0.5, 0.6) is 0 Å². The Labute approximate surface area is 130 Å². The summed E-state index contributed by atoms with van der Waals surface area (Å²) in [5.74, 6) is -23.6. The van der Waals surface area contributed by atoms with Crippen LogP contribution in [-0.4, -0.2) is 41.4 Å². The van der Waals surface area contributed by atoms with E-state index in [0.717, 1.165) is 0 Å². The van der Waals surface area contributed by atoms with Crippen LogP contribution in [0.2, 0.25) is 0 Å². The second kappa shape index (κ2) is 5.24. The Hall–Kier alpha value is -1.58. The van der Waals surface area contributed by atoms with Crippen molar-refractivity contribution in [3.05, 3.63) is 12.1 Å². The van der Waals surface area contributed by atoms with Crippen molar-refractivity contribution in [2.45, 2.75) is 41.4 Å². The van der Waals surface area contributed by atoms with E-state index in [1.807, 2.05) is 0 Å². The van der Waals surface area contributed by atoms with Gasteiger partial charge in [0.1, 0.15) is 0 Å². The molecule has 0 aromatic carbocycles. The van der Waals surface area contributed by atoms with Crippen molar-refractivity contribution in [2.75, 3.05) is 0 Å². The van der Waals surface area contributed by atoms with Crippen LogP contribution in [0.25, 0.3) is 0 Å². The monoisotopic (exact) mass is 428 g/mol. The zero-order valence-electron chi connectivity index (χ0n) is 11.0. The molecule has 0 amide bonds. The SMILES string of the molecule is FC(F)=C(F)OC(F)(F)C1(F)C(F)(F)C(F)(F)C(F)(F)C1(F)C(F)(F)F. The first kappa shape index (κ1) is 22.5. The molecule has 17 heteroatoms. The molecule has 1 rings (SSSR count). The summed E-state index contributed by atoms with van der Waals surface area (Å²) in [6.07, 6.45) is -19.6. The first-order valence-electron chi connectivity index (χ1n) is 5.43. The van der Waals surface area contributed by atoms with Crippen molar-refractivity contribution >= 4 is 0 Å². The molecule has 1 fully saturated rings. The summed E-state index contributed by atoms with van der Waals surface area (Å²) < 4.78 is 207. The average Bonchev–Trinajstić information content (AvgIpc) is 2.47. The number of alkyl halides is 13. The minimum atomic E-state index is -8.10. The van der Waals surface area contributed by atoms with Gasteiger partial charge in [-0.05, 0) is 0 Å². The maximum Gasteiger partial charge on any atom is 0.445 e. The van der Waals surface area contributed by atoms with E-state index in [1.165, 1.54) is 0 Å². The van der Waals surface area contributed by atoms with Crippen molar-refractivity contribution in [1.29, 1.82) is 0 Å². The van der Waals surface area contributed by atoms with Gasteiger partial charge >= 0.3 is 53.5 Å². The Bertz CT molecular complexity index is 614. The third-order valence-corrected chi connectivity index (χ3v) is 3.29. The third kappa shape index (κ3) is 2.07. The Morgan fingerprint density at radius 2 is 0.923 bits per heavy atom. The van der Waals surface area contributed by atoms with Crippen LogP contribution in [-0.2, 0) is 4.74 Å². The molecule has 0 aliphatic heterocycles. The predicted molar refractivity (Wildman–Crippen MR) is 45.0 cm³/mol. The van der Waals surface area contributed by atoms with Gasteiger partial charge in [0.2, 0.25) is 0 Å². The molecule has 0 saturated heterocycles. The summed E-state index contributed by atoms with van der Waals surface area (Å²) in [6.45, 7) is 0. The number of ether oxygens (including phenoxy) is 1. The lowest BCUT2D eigenvalue weighted by molar-refractivity contribution is -0.413. The van der Waals surface area contributed by atoms with E-state index >= 15 is 0 Å². The summed E-state index contributed by atoms with van der Waals surface area (Å²) in [7, 11) is 0. The highest BCUT2D eigenvalue weighted by atomic mass is 19.4. The third-order valence-electron chi connectivity index (χ3n) is 3.29. The predicted octanol–water partition coefficient (Wildman–Crippen LogP) is 5.53. The van der Waals surface area contributed by atoms with Gasteiger partial charge in [-0.3, -0.25) is 0 Å². The molecule has 0 radical (unpaired) electrons. The van der Waals surface area contributed by atoms with Gasteiger partial charge in [0.25, 0.3) is 0 Å². The molecule has 0 aromatic heterocycles. The smallest absolute Gasteiger partial charge is 0.400 e. The van der Waals surface area contributed by atoms with Gasteiger partial charge in [-0.1, -0.05) is 0 Å². The minimum absolute atomic E-state index is 1.77. The minimum Gasteiger partial charge on any atom is -0.400 e. The van der Waals surface area contributed by atoms with Crippen molar-refractivity contribution in [3.63, 3.8) is 0 Å². The highest BCUT2D eigenvalue weighted by Gasteiger charge is 3.09. The van der Waals surface area contributed by atoms with Crippen molar-refractivity contribution in [3.8, 4) is 0 Å². The Morgan fingerprint density at radius 3 is 1.23 bits per heavy atom. The van der Waals surface area contributed by atoms with E-state index in [9.17, 15) is 70.2 Å². The molecule has 0 bridgehead atoms. The zero-order chi connectivity index (χ0) is 21.4. The average molecular weight is 428 g/mol. The molecular formula is C9F16O. The fourth-order valence-electron chi connectivity index (χ4n) is 2.04. The summed E-state index contributed by atoms with van der Waals surface area (Å²) in [4.78, 5) is 0. The topological polar surface area (TPSA) is 9.23 Å². The summed E-state index contributed by atoms with van der Waals surface area (Å²) in [6, 6.07) is -4.12. The van der Waals surface area contributed by atoms with Crippen molar-refractivity contribution in [2.24, 2.45) is 0 Å². The van der Waals surface area contributed by atoms with Gasteiger partial charge in [-0.15, -0.1) is 0 Å². The second-order valence-electron chi connectivity index (χ2n) is 4.69. The lowest BCUT2D eigenvalue weighted by Gasteiger charge is -2.40. The highest BCUT2D eigenvalue weighted by molar-refractivity contribution is 5.35. The van der Waals surface area contributed by atoms with E-state index in [4.69, 9.17) is 0 Å². The Balaban J connectivity index is 3.97. The van der Waals surface area contributed by atoms with Gasteiger partial charge in [0.15, 0.2) is 0 Å². The van der Waals surface area contributed by atoms with E-state index in [0.29, 0.717) is 0 Å². The van der Waals surface area contributed by atoms with Crippen LogP contribution in [0.1, 0.15) is 0 Å². The number of hydrogen-bond acceptors (Lipinski definition) is 1. The molecule has 0 N–H and O–H groups in total. The maximum atomic E-state index is 13.9. The van der Waals surface area contributed by atoms with Crippen LogP contribution < -0.4 is 0 Å². The highest BCUT2D eigenvalue weighted by Crippen LogP contribution is 2.75. The zero-order valence-corrected chi connectivity index (χ0v) is 11.0. The molecule has 1 nitrogen and oxygen atoms in total. The first-order valence-corrected chi connectivity index (χ1v) is 5.43. The lowest BCUT2D eigenvalue weighted by Crippen LogP contribution is -2.72. The molecule has 1 aliphatic carbocycles. The molecule has 1 aliphatic rings. The van der Waals surface area contributed by atoms with Gasteiger partial charge in [-0.25, -0.2) is 8.78 Å². The summed E-state index contributed by atoms with van der Waals surface area (Å²) in [5, 5.41) is 0. The van der Waals surface area contributed by atoms with Gasteiger partial charge in [0.05, 0.1) is 0 Å². The molecule has 1 saturated carbocycles. The fraction of sp³-hybridized carbons (Fsp3) is 0.778. The number of hydrogen-bond donors (Lipinski definition) is 0. The van der Waals surface area contributed by atoms with E-state index < -0.39 is 53.5 Å². The van der Waals surface area contributed by atoms with E-state index in [2.05, 4.69) is 0 Å². The normalized spacial score (nSPS) is 33.1. The van der Waals surface area contributed by atoms with Crippen LogP contribution >= 0.6 is 0 Å². The molecule has 0 aromatic rings. The standard InChI is InChI=1S/C9F16O/c10-1(11)2(12)26-9(24,25)4(14)3(13,8(21,22)23)5(15,16)7(19,20)6(4,17)18. The quantitative estimate of drug-likeness (QED) is 0.425. The molecule has 2 unspecified atom stereocenters. The van der Waals surface area contributed by atoms with Crippen LogP contribution in [0.3, 0.4) is 0 Å². The first-order chi connectivity index (χ1) is 11.1. The summed E-state index contributed by atoms with van der Waals surface area (Å²) in [5.41, 5.74) is -16.2. The van der Waals surface area contributed by atoms with Gasteiger partial charge < -0.3 is 4.74 Å². The van der Waals surface area contributed by atoms with Gasteiger partial charge in [-0.2, -0.15) is 61.5 Å². The van der Waals surface area contributed by atoms with E-state index in [1.54, 1.807) is 4.74 Å². The Kier molecular flexibility index (Phi) is 4.52. The van der Waals surface area contributed by atoms with Crippen LogP contribution in [0.4, 0.5) is 70.2 Å². The van der Waals surface area contributed by atoms with E-state index in [-0.39, 0.29) is 0 Å². The molecule has 154 valence electrons. The van der Waals surface area contributed by atoms with Crippen molar-refractivity contribution < 1.29 is 75.0 Å². The molecular weight excluding hydrogens is 428 g/mol. The number of rotatable bonds is 3. The van der Waals surface area contributed by atoms with Crippen molar-refractivity contribution in [1.82, 2.24) is 0 Å². The lowest BCUT2D eigenvalue weighted by atomic mass is 9.84. The van der Waals surface area contributed by atoms with Crippen LogP contribution in [0, 0.1) is 0 Å².